The van der Waals surface area contributed by atoms with E-state index in [0.29, 0.717) is 10.6 Å². The molecule has 0 fully saturated rings. The number of nitriles is 1. The van der Waals surface area contributed by atoms with E-state index in [1.54, 1.807) is 30.3 Å². The van der Waals surface area contributed by atoms with Crippen molar-refractivity contribution in [2.24, 2.45) is 0 Å². The molecule has 0 saturated heterocycles. The van der Waals surface area contributed by atoms with Crippen LogP contribution in [0.3, 0.4) is 0 Å². The maximum absolute atomic E-state index is 12.3. The fraction of sp³-hybridized carbons (Fsp3) is 0.0588. The van der Waals surface area contributed by atoms with Gasteiger partial charge in [0.25, 0.3) is 11.6 Å². The van der Waals surface area contributed by atoms with E-state index in [1.165, 1.54) is 31.4 Å². The number of carbonyl (C=O) groups excluding carboxylic acids is 1. The summed E-state index contributed by atoms with van der Waals surface area (Å²) in [6.07, 6.45) is 1.31. The molecule has 0 heterocycles. The first-order valence-corrected chi connectivity index (χ1v) is 7.34. The zero-order valence-electron chi connectivity index (χ0n) is 13.0. The molecule has 2 rings (SSSR count). The Morgan fingerprint density at radius 2 is 2.08 bits per heavy atom. The second kappa shape index (κ2) is 7.95. The lowest BCUT2D eigenvalue weighted by atomic mass is 10.1. The summed E-state index contributed by atoms with van der Waals surface area (Å²) in [6, 6.07) is 12.4. The van der Waals surface area contributed by atoms with Crippen molar-refractivity contribution in [3.05, 3.63) is 68.7 Å². The summed E-state index contributed by atoms with van der Waals surface area (Å²) in [5, 5.41) is 23.1. The molecule has 25 heavy (non-hydrogen) atoms. The smallest absolute Gasteiger partial charge is 0.296 e. The largest absolute Gasteiger partial charge is 0.496 e. The number of anilines is 1. The molecule has 0 bridgehead atoms. The number of nitrogens with zero attached hydrogens (tertiary/aromatic N) is 2. The number of nitro groups is 1. The summed E-state index contributed by atoms with van der Waals surface area (Å²) >= 11 is 6.00. The van der Waals surface area contributed by atoms with E-state index in [9.17, 15) is 20.2 Å². The number of methoxy groups -OCH3 is 1. The molecule has 0 saturated carbocycles. The van der Waals surface area contributed by atoms with Crippen LogP contribution in [0.15, 0.2) is 48.0 Å². The average Bonchev–Trinajstić information content (AvgIpc) is 2.61. The molecule has 126 valence electrons. The van der Waals surface area contributed by atoms with Crippen molar-refractivity contribution in [1.29, 1.82) is 5.26 Å². The lowest BCUT2D eigenvalue weighted by Crippen LogP contribution is -2.14. The molecule has 0 unspecified atom stereocenters. The Balaban J connectivity index is 2.34. The normalized spacial score (nSPS) is 10.7. The number of ether oxygens (including phenoxy) is 1. The second-order valence-electron chi connectivity index (χ2n) is 4.79. The van der Waals surface area contributed by atoms with Crippen LogP contribution in [-0.2, 0) is 4.79 Å². The maximum Gasteiger partial charge on any atom is 0.296 e. The third kappa shape index (κ3) is 4.34. The van der Waals surface area contributed by atoms with Crippen LogP contribution in [0.5, 0.6) is 5.75 Å². The van der Waals surface area contributed by atoms with Crippen LogP contribution in [0.4, 0.5) is 11.4 Å². The zero-order valence-corrected chi connectivity index (χ0v) is 13.8. The molecule has 8 heteroatoms. The summed E-state index contributed by atoms with van der Waals surface area (Å²) in [5.74, 6) is -0.507. The molecule has 0 radical (unpaired) electrons. The van der Waals surface area contributed by atoms with E-state index in [2.05, 4.69) is 5.32 Å². The van der Waals surface area contributed by atoms with E-state index in [0.717, 1.165) is 0 Å². The molecule has 0 aliphatic heterocycles. The summed E-state index contributed by atoms with van der Waals surface area (Å²) in [6.45, 7) is 0. The van der Waals surface area contributed by atoms with E-state index >= 15 is 0 Å². The molecular formula is C17H12ClN3O4. The van der Waals surface area contributed by atoms with Crippen LogP contribution in [0.25, 0.3) is 6.08 Å². The first kappa shape index (κ1) is 18.0. The number of benzene rings is 2. The number of hydrogen-bond acceptors (Lipinski definition) is 5. The molecule has 0 aliphatic carbocycles. The summed E-state index contributed by atoms with van der Waals surface area (Å²) in [7, 11) is 1.37. The van der Waals surface area contributed by atoms with Crippen molar-refractivity contribution in [3.63, 3.8) is 0 Å². The van der Waals surface area contributed by atoms with E-state index in [1.807, 2.05) is 0 Å². The van der Waals surface area contributed by atoms with Crippen molar-refractivity contribution < 1.29 is 14.5 Å². The average molecular weight is 358 g/mol. The van der Waals surface area contributed by atoms with Crippen molar-refractivity contribution in [2.45, 2.75) is 0 Å². The quantitative estimate of drug-likeness (QED) is 0.379. The number of rotatable bonds is 5. The third-order valence-electron chi connectivity index (χ3n) is 3.22. The fourth-order valence-corrected chi connectivity index (χ4v) is 2.17. The predicted molar refractivity (Wildman–Crippen MR) is 93.3 cm³/mol. The van der Waals surface area contributed by atoms with Gasteiger partial charge in [-0.1, -0.05) is 29.8 Å². The van der Waals surface area contributed by atoms with Crippen LogP contribution in [0.2, 0.25) is 5.02 Å². The van der Waals surface area contributed by atoms with Gasteiger partial charge in [0.2, 0.25) is 0 Å². The molecule has 0 aromatic heterocycles. The minimum Gasteiger partial charge on any atom is -0.496 e. The van der Waals surface area contributed by atoms with Crippen molar-refractivity contribution in [2.75, 3.05) is 12.4 Å². The molecule has 7 nitrogen and oxygen atoms in total. The number of nitrogens with one attached hydrogen (secondary N) is 1. The van der Waals surface area contributed by atoms with E-state index < -0.39 is 10.8 Å². The molecule has 0 aliphatic rings. The maximum atomic E-state index is 12.3. The Bertz CT molecular complexity index is 903. The lowest BCUT2D eigenvalue weighted by Gasteiger charge is -2.07. The Hall–Kier alpha value is -3.37. The molecule has 1 amide bonds. The minimum absolute atomic E-state index is 0.0453. The Morgan fingerprint density at radius 3 is 2.68 bits per heavy atom. The molecule has 1 N–H and O–H groups in total. The van der Waals surface area contributed by atoms with Gasteiger partial charge in [-0.05, 0) is 29.8 Å². The Labute approximate surface area is 148 Å². The number of nitro benzene ring substituents is 1. The number of hydrogen-bond donors (Lipinski definition) is 1. The van der Waals surface area contributed by atoms with Gasteiger partial charge in [0.05, 0.1) is 18.1 Å². The highest BCUT2D eigenvalue weighted by atomic mass is 35.5. The van der Waals surface area contributed by atoms with Gasteiger partial charge in [0, 0.05) is 5.02 Å². The van der Waals surface area contributed by atoms with Gasteiger partial charge < -0.3 is 10.1 Å². The van der Waals surface area contributed by atoms with Gasteiger partial charge in [-0.25, -0.2) is 0 Å². The summed E-state index contributed by atoms with van der Waals surface area (Å²) in [4.78, 5) is 22.8. The van der Waals surface area contributed by atoms with Crippen molar-refractivity contribution in [3.8, 4) is 11.8 Å². The Kier molecular flexibility index (Phi) is 5.71. The van der Waals surface area contributed by atoms with Gasteiger partial charge in [-0.15, -0.1) is 0 Å². The molecular weight excluding hydrogens is 346 g/mol. The highest BCUT2D eigenvalue weighted by Gasteiger charge is 2.19. The minimum atomic E-state index is -0.782. The Morgan fingerprint density at radius 1 is 1.36 bits per heavy atom. The lowest BCUT2D eigenvalue weighted by molar-refractivity contribution is -0.384. The van der Waals surface area contributed by atoms with Crippen molar-refractivity contribution >= 4 is 35.0 Å². The molecule has 2 aromatic carbocycles. The summed E-state index contributed by atoms with van der Waals surface area (Å²) < 4.78 is 4.93. The third-order valence-corrected chi connectivity index (χ3v) is 3.56. The number of amides is 1. The standard InChI is InChI=1S/C17H12ClN3O4/c1-25-13-6-7-15(16(9-13)21(23)24)20-17(22)12(10-19)8-11-4-2-3-5-14(11)18/h2-9H,1H3,(H,20,22)/b12-8+. The van der Waals surface area contributed by atoms with E-state index in [4.69, 9.17) is 16.3 Å². The topological polar surface area (TPSA) is 105 Å². The molecule has 2 aromatic rings. The summed E-state index contributed by atoms with van der Waals surface area (Å²) in [5.41, 5.74) is -0.142. The van der Waals surface area contributed by atoms with Crippen LogP contribution in [-0.4, -0.2) is 17.9 Å². The number of halogens is 1. The van der Waals surface area contributed by atoms with Crippen LogP contribution < -0.4 is 10.1 Å². The first-order chi connectivity index (χ1) is 12.0. The van der Waals surface area contributed by atoms with Gasteiger partial charge in [-0.3, -0.25) is 14.9 Å². The SMILES string of the molecule is COc1ccc(NC(=O)/C(C#N)=C/c2ccccc2Cl)c([N+](=O)[O-])c1. The zero-order chi connectivity index (χ0) is 18.4. The van der Waals surface area contributed by atoms with Gasteiger partial charge in [-0.2, -0.15) is 5.26 Å². The van der Waals surface area contributed by atoms with Gasteiger partial charge in [0.15, 0.2) is 0 Å². The van der Waals surface area contributed by atoms with Crippen LogP contribution in [0.1, 0.15) is 5.56 Å². The van der Waals surface area contributed by atoms with Crippen molar-refractivity contribution in [1.82, 2.24) is 0 Å². The molecule has 0 spiro atoms. The second-order valence-corrected chi connectivity index (χ2v) is 5.19. The highest BCUT2D eigenvalue weighted by Crippen LogP contribution is 2.29. The van der Waals surface area contributed by atoms with E-state index in [-0.39, 0.29) is 22.7 Å². The predicted octanol–water partition coefficient (Wildman–Crippen LogP) is 3.80. The van der Waals surface area contributed by atoms with Crippen LogP contribution in [0, 0.1) is 21.4 Å². The van der Waals surface area contributed by atoms with Gasteiger partial charge in [0.1, 0.15) is 23.1 Å². The molecule has 0 atom stereocenters. The van der Waals surface area contributed by atoms with Crippen LogP contribution >= 0.6 is 11.6 Å². The first-order valence-electron chi connectivity index (χ1n) is 6.96. The monoisotopic (exact) mass is 357 g/mol. The number of carbonyl (C=O) groups is 1. The fourth-order valence-electron chi connectivity index (χ4n) is 1.98. The van der Waals surface area contributed by atoms with Gasteiger partial charge >= 0.3 is 0 Å². The highest BCUT2D eigenvalue weighted by molar-refractivity contribution is 6.32.